The molecule has 1 atom stereocenters. The topological polar surface area (TPSA) is 95.5 Å². The summed E-state index contributed by atoms with van der Waals surface area (Å²) in [7, 11) is -3.66. The zero-order chi connectivity index (χ0) is 11.3. The van der Waals surface area contributed by atoms with Gasteiger partial charge in [-0.15, -0.1) is 0 Å². The summed E-state index contributed by atoms with van der Waals surface area (Å²) in [6.07, 6.45) is 2.01. The smallest absolute Gasteiger partial charge is 0.320 e. The number of aliphatic carboxylic acids is 1. The molecule has 1 rings (SSSR count). The van der Waals surface area contributed by atoms with Crippen LogP contribution < -0.4 is 10.0 Å². The van der Waals surface area contributed by atoms with Gasteiger partial charge in [-0.3, -0.25) is 4.79 Å². The Morgan fingerprint density at radius 1 is 1.53 bits per heavy atom. The van der Waals surface area contributed by atoms with Crippen LogP contribution in [0.15, 0.2) is 0 Å². The Morgan fingerprint density at radius 2 is 2.27 bits per heavy atom. The number of hydrogen-bond acceptors (Lipinski definition) is 4. The van der Waals surface area contributed by atoms with Crippen LogP contribution in [-0.4, -0.2) is 44.9 Å². The van der Waals surface area contributed by atoms with E-state index < -0.39 is 21.7 Å². The van der Waals surface area contributed by atoms with Gasteiger partial charge in [-0.1, -0.05) is 0 Å². The summed E-state index contributed by atoms with van der Waals surface area (Å²) < 4.78 is 24.7. The molecule has 1 aliphatic heterocycles. The zero-order valence-corrected chi connectivity index (χ0v) is 9.22. The second kappa shape index (κ2) is 5.43. The molecule has 0 aromatic rings. The minimum atomic E-state index is -3.66. The normalized spacial score (nSPS) is 22.5. The summed E-state index contributed by atoms with van der Waals surface area (Å²) in [5.74, 6) is -1.92. The van der Waals surface area contributed by atoms with Gasteiger partial charge in [-0.25, -0.2) is 13.1 Å². The van der Waals surface area contributed by atoms with Gasteiger partial charge < -0.3 is 10.4 Å². The summed E-state index contributed by atoms with van der Waals surface area (Å²) in [6.45, 7) is 2.08. The number of rotatable bonds is 5. The van der Waals surface area contributed by atoms with Gasteiger partial charge in [0.1, 0.15) is 0 Å². The number of carboxylic acid groups (broad SMARTS) is 1. The molecule has 0 spiro atoms. The van der Waals surface area contributed by atoms with Crippen LogP contribution in [0, 0.1) is 5.92 Å². The second-order valence-electron chi connectivity index (χ2n) is 3.71. The Bertz CT molecular complexity index is 309. The Hall–Kier alpha value is -0.660. The zero-order valence-electron chi connectivity index (χ0n) is 8.40. The van der Waals surface area contributed by atoms with Crippen LogP contribution in [-0.2, 0) is 14.8 Å². The van der Waals surface area contributed by atoms with Crippen LogP contribution in [0.2, 0.25) is 0 Å². The highest BCUT2D eigenvalue weighted by Crippen LogP contribution is 2.08. The van der Waals surface area contributed by atoms with Gasteiger partial charge >= 0.3 is 5.97 Å². The summed E-state index contributed by atoms with van der Waals surface area (Å²) in [5.41, 5.74) is 0. The predicted octanol–water partition coefficient (Wildman–Crippen LogP) is -1.01. The van der Waals surface area contributed by atoms with Crippen molar-refractivity contribution in [3.63, 3.8) is 0 Å². The molecule has 3 N–H and O–H groups in total. The van der Waals surface area contributed by atoms with Crippen molar-refractivity contribution >= 4 is 16.0 Å². The maximum absolute atomic E-state index is 11.2. The maximum Gasteiger partial charge on any atom is 0.320 e. The van der Waals surface area contributed by atoms with Crippen molar-refractivity contribution in [2.75, 3.05) is 25.4 Å². The fourth-order valence-corrected chi connectivity index (χ4v) is 2.47. The van der Waals surface area contributed by atoms with E-state index in [4.69, 9.17) is 5.11 Å². The molecule has 0 bridgehead atoms. The molecule has 0 aromatic carbocycles. The highest BCUT2D eigenvalue weighted by molar-refractivity contribution is 7.90. The molecule has 1 aliphatic rings. The highest BCUT2D eigenvalue weighted by atomic mass is 32.2. The number of carboxylic acids is 1. The van der Waals surface area contributed by atoms with E-state index in [-0.39, 0.29) is 5.92 Å². The van der Waals surface area contributed by atoms with Gasteiger partial charge in [0.25, 0.3) is 0 Å². The first-order chi connectivity index (χ1) is 6.99. The van der Waals surface area contributed by atoms with Crippen LogP contribution in [0.5, 0.6) is 0 Å². The molecule has 1 heterocycles. The predicted molar refractivity (Wildman–Crippen MR) is 55.0 cm³/mol. The van der Waals surface area contributed by atoms with Crippen molar-refractivity contribution in [3.8, 4) is 0 Å². The van der Waals surface area contributed by atoms with Crippen molar-refractivity contribution in [1.82, 2.24) is 10.0 Å². The lowest BCUT2D eigenvalue weighted by molar-refractivity contribution is -0.134. The lowest BCUT2D eigenvalue weighted by Crippen LogP contribution is -2.39. The first-order valence-corrected chi connectivity index (χ1v) is 6.55. The molecular formula is C8H16N2O4S. The average Bonchev–Trinajstić information content (AvgIpc) is 2.15. The lowest BCUT2D eigenvalue weighted by Gasteiger charge is -2.22. The van der Waals surface area contributed by atoms with E-state index in [1.165, 1.54) is 0 Å². The van der Waals surface area contributed by atoms with Crippen molar-refractivity contribution in [1.29, 1.82) is 0 Å². The van der Waals surface area contributed by atoms with Crippen LogP contribution in [0.4, 0.5) is 0 Å². The molecule has 1 fully saturated rings. The first-order valence-electron chi connectivity index (χ1n) is 4.89. The summed E-state index contributed by atoms with van der Waals surface area (Å²) in [4.78, 5) is 10.2. The molecule has 7 heteroatoms. The van der Waals surface area contributed by atoms with Crippen molar-refractivity contribution in [2.24, 2.45) is 5.92 Å². The number of hydrogen-bond donors (Lipinski definition) is 3. The van der Waals surface area contributed by atoms with Crippen LogP contribution in [0.1, 0.15) is 12.8 Å². The van der Waals surface area contributed by atoms with Crippen molar-refractivity contribution in [3.05, 3.63) is 0 Å². The quantitative estimate of drug-likeness (QED) is 0.568. The van der Waals surface area contributed by atoms with Gasteiger partial charge in [0.2, 0.25) is 10.0 Å². The number of carbonyl (C=O) groups is 1. The molecule has 1 saturated heterocycles. The van der Waals surface area contributed by atoms with Gasteiger partial charge in [-0.2, -0.15) is 0 Å². The largest absolute Gasteiger partial charge is 0.480 e. The minimum Gasteiger partial charge on any atom is -0.480 e. The molecule has 6 nitrogen and oxygen atoms in total. The van der Waals surface area contributed by atoms with Crippen molar-refractivity contribution < 1.29 is 18.3 Å². The van der Waals surface area contributed by atoms with E-state index in [1.54, 1.807) is 0 Å². The molecule has 0 amide bonds. The van der Waals surface area contributed by atoms with E-state index in [0.29, 0.717) is 6.54 Å². The molecule has 0 radical (unpaired) electrons. The highest BCUT2D eigenvalue weighted by Gasteiger charge is 2.19. The Kier molecular flexibility index (Phi) is 4.49. The van der Waals surface area contributed by atoms with E-state index in [1.807, 2.05) is 0 Å². The lowest BCUT2D eigenvalue weighted by atomic mass is 10.0. The molecular weight excluding hydrogens is 220 g/mol. The van der Waals surface area contributed by atoms with E-state index in [9.17, 15) is 13.2 Å². The maximum atomic E-state index is 11.2. The number of nitrogens with one attached hydrogen (secondary N) is 2. The van der Waals surface area contributed by atoms with Gasteiger partial charge in [0.15, 0.2) is 5.75 Å². The first kappa shape index (κ1) is 12.4. The Labute approximate surface area is 89.1 Å². The van der Waals surface area contributed by atoms with Crippen LogP contribution in [0.3, 0.4) is 0 Å². The second-order valence-corrected chi connectivity index (χ2v) is 5.52. The molecule has 1 unspecified atom stereocenters. The van der Waals surface area contributed by atoms with Crippen LogP contribution in [0.25, 0.3) is 0 Å². The molecule has 0 aliphatic carbocycles. The fraction of sp³-hybridized carbons (Fsp3) is 0.875. The van der Waals surface area contributed by atoms with Gasteiger partial charge in [0.05, 0.1) is 0 Å². The summed E-state index contributed by atoms with van der Waals surface area (Å²) in [5, 5.41) is 11.5. The Balaban J connectivity index is 2.31. The third kappa shape index (κ3) is 5.10. The molecule has 0 aromatic heterocycles. The minimum absolute atomic E-state index is 0.266. The number of piperidine rings is 1. The van der Waals surface area contributed by atoms with E-state index in [0.717, 1.165) is 25.9 Å². The molecule has 0 saturated carbocycles. The molecule has 88 valence electrons. The third-order valence-corrected chi connectivity index (χ3v) is 3.54. The van der Waals surface area contributed by atoms with Gasteiger partial charge in [0, 0.05) is 6.54 Å². The Morgan fingerprint density at radius 3 is 2.80 bits per heavy atom. The molecule has 15 heavy (non-hydrogen) atoms. The number of sulfonamides is 1. The van der Waals surface area contributed by atoms with Crippen molar-refractivity contribution in [2.45, 2.75) is 12.8 Å². The summed E-state index contributed by atoms with van der Waals surface area (Å²) in [6, 6.07) is 0. The summed E-state index contributed by atoms with van der Waals surface area (Å²) >= 11 is 0. The van der Waals surface area contributed by atoms with Crippen LogP contribution >= 0.6 is 0 Å². The fourth-order valence-electron chi connectivity index (χ4n) is 1.56. The van der Waals surface area contributed by atoms with E-state index in [2.05, 4.69) is 10.0 Å². The SMILES string of the molecule is O=C(O)CS(=O)(=O)NCC1CCCNC1. The van der Waals surface area contributed by atoms with Gasteiger partial charge in [-0.05, 0) is 31.8 Å². The monoisotopic (exact) mass is 236 g/mol. The third-order valence-electron chi connectivity index (χ3n) is 2.30. The standard InChI is InChI=1S/C8H16N2O4S/c11-8(12)6-15(13,14)10-5-7-2-1-3-9-4-7/h7,9-10H,1-6H2,(H,11,12). The van der Waals surface area contributed by atoms with E-state index >= 15 is 0 Å². The average molecular weight is 236 g/mol.